The van der Waals surface area contributed by atoms with Crippen LogP contribution in [0.2, 0.25) is 0 Å². The summed E-state index contributed by atoms with van der Waals surface area (Å²) in [5.74, 6) is 1.45. The fourth-order valence-electron chi connectivity index (χ4n) is 3.12. The Bertz CT molecular complexity index is 271. The number of hydrogen-bond donors (Lipinski definition) is 1. The van der Waals surface area contributed by atoms with Crippen LogP contribution < -0.4 is 5.32 Å². The first-order valence-corrected chi connectivity index (χ1v) is 5.69. The van der Waals surface area contributed by atoms with Gasteiger partial charge in [-0.3, -0.25) is 4.79 Å². The second kappa shape index (κ2) is 3.41. The molecule has 2 heteroatoms. The highest BCUT2D eigenvalue weighted by Gasteiger charge is 2.51. The molecule has 78 valence electrons. The summed E-state index contributed by atoms with van der Waals surface area (Å²) in [7, 11) is 0. The van der Waals surface area contributed by atoms with Crippen molar-refractivity contribution in [2.24, 2.45) is 17.3 Å². The van der Waals surface area contributed by atoms with Gasteiger partial charge in [-0.15, -0.1) is 0 Å². The highest BCUT2D eigenvalue weighted by Crippen LogP contribution is 2.54. The monoisotopic (exact) mass is 193 g/mol. The van der Waals surface area contributed by atoms with Crippen molar-refractivity contribution in [1.29, 1.82) is 0 Å². The highest BCUT2D eigenvalue weighted by atomic mass is 16.2. The SMILES string of the molecule is CCNC(=O)C1(CC)CC2C=CC1C2. The number of fused-ring (bicyclic) bond motifs is 2. The first kappa shape index (κ1) is 9.75. The summed E-state index contributed by atoms with van der Waals surface area (Å²) < 4.78 is 0. The zero-order chi connectivity index (χ0) is 10.2. The van der Waals surface area contributed by atoms with E-state index < -0.39 is 0 Å². The van der Waals surface area contributed by atoms with Gasteiger partial charge in [0.2, 0.25) is 5.91 Å². The summed E-state index contributed by atoms with van der Waals surface area (Å²) in [6, 6.07) is 0. The molecular formula is C12H19NO. The number of nitrogens with one attached hydrogen (secondary N) is 1. The smallest absolute Gasteiger partial charge is 0.226 e. The molecule has 0 aromatic heterocycles. The van der Waals surface area contributed by atoms with E-state index in [0.29, 0.717) is 11.8 Å². The minimum atomic E-state index is -0.0740. The second-order valence-electron chi connectivity index (χ2n) is 4.56. The van der Waals surface area contributed by atoms with E-state index in [4.69, 9.17) is 0 Å². The van der Waals surface area contributed by atoms with E-state index >= 15 is 0 Å². The van der Waals surface area contributed by atoms with E-state index in [0.717, 1.165) is 19.4 Å². The third-order valence-electron chi connectivity index (χ3n) is 3.93. The molecule has 1 amide bonds. The summed E-state index contributed by atoms with van der Waals surface area (Å²) >= 11 is 0. The zero-order valence-corrected chi connectivity index (χ0v) is 9.05. The Balaban J connectivity index is 2.19. The number of amides is 1. The van der Waals surface area contributed by atoms with Crippen LogP contribution >= 0.6 is 0 Å². The largest absolute Gasteiger partial charge is 0.356 e. The number of allylic oxidation sites excluding steroid dienone is 2. The number of carbonyl (C=O) groups is 1. The predicted molar refractivity (Wildman–Crippen MR) is 56.8 cm³/mol. The molecule has 3 unspecified atom stereocenters. The number of rotatable bonds is 3. The number of carbonyl (C=O) groups excluding carboxylic acids is 1. The van der Waals surface area contributed by atoms with Gasteiger partial charge in [-0.25, -0.2) is 0 Å². The summed E-state index contributed by atoms with van der Waals surface area (Å²) in [5, 5.41) is 2.99. The average molecular weight is 193 g/mol. The van der Waals surface area contributed by atoms with Crippen LogP contribution in [0.15, 0.2) is 12.2 Å². The van der Waals surface area contributed by atoms with Crippen LogP contribution in [0.25, 0.3) is 0 Å². The molecule has 14 heavy (non-hydrogen) atoms. The van der Waals surface area contributed by atoms with Crippen molar-refractivity contribution in [3.63, 3.8) is 0 Å². The summed E-state index contributed by atoms with van der Waals surface area (Å²) in [6.07, 6.45) is 7.79. The Kier molecular flexibility index (Phi) is 2.38. The molecule has 2 rings (SSSR count). The lowest BCUT2D eigenvalue weighted by atomic mass is 9.73. The van der Waals surface area contributed by atoms with Crippen molar-refractivity contribution < 1.29 is 4.79 Å². The van der Waals surface area contributed by atoms with Crippen LogP contribution in [-0.4, -0.2) is 12.5 Å². The van der Waals surface area contributed by atoms with Gasteiger partial charge in [0.25, 0.3) is 0 Å². The van der Waals surface area contributed by atoms with Crippen LogP contribution in [-0.2, 0) is 4.79 Å². The van der Waals surface area contributed by atoms with Crippen molar-refractivity contribution >= 4 is 5.91 Å². The minimum Gasteiger partial charge on any atom is -0.356 e. The van der Waals surface area contributed by atoms with Crippen LogP contribution in [0.1, 0.15) is 33.1 Å². The van der Waals surface area contributed by atoms with Gasteiger partial charge in [-0.1, -0.05) is 19.1 Å². The molecule has 2 bridgehead atoms. The first-order valence-electron chi connectivity index (χ1n) is 5.69. The van der Waals surface area contributed by atoms with E-state index in [1.54, 1.807) is 0 Å². The maximum absolute atomic E-state index is 12.0. The Morgan fingerprint density at radius 1 is 1.50 bits per heavy atom. The molecule has 0 radical (unpaired) electrons. The third kappa shape index (κ3) is 1.20. The minimum absolute atomic E-state index is 0.0740. The van der Waals surface area contributed by atoms with Crippen LogP contribution in [0.4, 0.5) is 0 Å². The van der Waals surface area contributed by atoms with E-state index in [1.807, 2.05) is 6.92 Å². The van der Waals surface area contributed by atoms with Crippen molar-refractivity contribution in [2.75, 3.05) is 6.54 Å². The fraction of sp³-hybridized carbons (Fsp3) is 0.750. The average Bonchev–Trinajstić information content (AvgIpc) is 2.77. The number of hydrogen-bond acceptors (Lipinski definition) is 1. The fourth-order valence-corrected chi connectivity index (χ4v) is 3.12. The van der Waals surface area contributed by atoms with Crippen LogP contribution in [0.5, 0.6) is 0 Å². The summed E-state index contributed by atoms with van der Waals surface area (Å²) in [6.45, 7) is 4.88. The van der Waals surface area contributed by atoms with Gasteiger partial charge in [0.05, 0.1) is 5.41 Å². The van der Waals surface area contributed by atoms with E-state index in [9.17, 15) is 4.79 Å². The predicted octanol–water partition coefficient (Wildman–Crippen LogP) is 2.11. The van der Waals surface area contributed by atoms with E-state index in [1.165, 1.54) is 6.42 Å². The third-order valence-corrected chi connectivity index (χ3v) is 3.93. The Morgan fingerprint density at radius 3 is 2.71 bits per heavy atom. The molecule has 1 fully saturated rings. The molecule has 0 aromatic rings. The van der Waals surface area contributed by atoms with Gasteiger partial charge in [0.15, 0.2) is 0 Å². The normalized spacial score (nSPS) is 39.0. The molecule has 1 saturated carbocycles. The molecule has 2 aliphatic carbocycles. The van der Waals surface area contributed by atoms with Crippen LogP contribution in [0, 0.1) is 17.3 Å². The van der Waals surface area contributed by atoms with Crippen LogP contribution in [0.3, 0.4) is 0 Å². The lowest BCUT2D eigenvalue weighted by molar-refractivity contribution is -0.132. The van der Waals surface area contributed by atoms with Gasteiger partial charge < -0.3 is 5.32 Å². The molecule has 1 N–H and O–H groups in total. The van der Waals surface area contributed by atoms with Crippen molar-refractivity contribution in [1.82, 2.24) is 5.32 Å². The topological polar surface area (TPSA) is 29.1 Å². The summed E-state index contributed by atoms with van der Waals surface area (Å²) in [5.41, 5.74) is -0.0740. The zero-order valence-electron chi connectivity index (χ0n) is 9.05. The molecule has 0 aromatic carbocycles. The van der Waals surface area contributed by atoms with Gasteiger partial charge >= 0.3 is 0 Å². The van der Waals surface area contributed by atoms with E-state index in [2.05, 4.69) is 24.4 Å². The Morgan fingerprint density at radius 2 is 2.29 bits per heavy atom. The quantitative estimate of drug-likeness (QED) is 0.683. The van der Waals surface area contributed by atoms with Crippen molar-refractivity contribution in [3.8, 4) is 0 Å². The second-order valence-corrected chi connectivity index (χ2v) is 4.56. The van der Waals surface area contributed by atoms with Gasteiger partial charge in [-0.2, -0.15) is 0 Å². The summed E-state index contributed by atoms with van der Waals surface area (Å²) in [4.78, 5) is 12.0. The van der Waals surface area contributed by atoms with Gasteiger partial charge in [0.1, 0.15) is 0 Å². The molecule has 0 saturated heterocycles. The molecule has 2 nitrogen and oxygen atoms in total. The highest BCUT2D eigenvalue weighted by molar-refractivity contribution is 5.84. The lowest BCUT2D eigenvalue weighted by Gasteiger charge is -2.32. The maximum atomic E-state index is 12.0. The van der Waals surface area contributed by atoms with Gasteiger partial charge in [0, 0.05) is 6.54 Å². The Hall–Kier alpha value is -0.790. The van der Waals surface area contributed by atoms with Crippen molar-refractivity contribution in [2.45, 2.75) is 33.1 Å². The first-order chi connectivity index (χ1) is 6.73. The Labute approximate surface area is 85.8 Å². The maximum Gasteiger partial charge on any atom is 0.226 e. The lowest BCUT2D eigenvalue weighted by Crippen LogP contribution is -2.43. The van der Waals surface area contributed by atoms with Gasteiger partial charge in [-0.05, 0) is 38.0 Å². The van der Waals surface area contributed by atoms with Crippen molar-refractivity contribution in [3.05, 3.63) is 12.2 Å². The molecule has 3 atom stereocenters. The molecule has 0 aliphatic heterocycles. The molecular weight excluding hydrogens is 174 g/mol. The van der Waals surface area contributed by atoms with E-state index in [-0.39, 0.29) is 11.3 Å². The molecule has 0 heterocycles. The molecule has 0 spiro atoms. The molecule has 2 aliphatic rings. The standard InChI is InChI=1S/C12H19NO/c1-3-12(11(14)13-4-2)8-9-5-6-10(12)7-9/h5-6,9-10H,3-4,7-8H2,1-2H3,(H,13,14).